The van der Waals surface area contributed by atoms with E-state index in [1.54, 1.807) is 11.8 Å². The van der Waals surface area contributed by atoms with Gasteiger partial charge in [0.25, 0.3) is 0 Å². The molecule has 1 fully saturated rings. The Kier molecular flexibility index (Phi) is 4.73. The lowest BCUT2D eigenvalue weighted by molar-refractivity contribution is -0.132. The van der Waals surface area contributed by atoms with Crippen molar-refractivity contribution in [3.05, 3.63) is 0 Å². The summed E-state index contributed by atoms with van der Waals surface area (Å²) in [4.78, 5) is 13.7. The Bertz CT molecular complexity index is 332. The minimum absolute atomic E-state index is 0.118. The standard InChI is InChI=1S/C10H20N2O3S/c1-9(11-16(2,14)15)10(13)12-7-5-3-4-6-8-12/h9,11H,3-8H2,1-2H3. The highest BCUT2D eigenvalue weighted by molar-refractivity contribution is 7.88. The topological polar surface area (TPSA) is 66.5 Å². The molecule has 1 aliphatic heterocycles. The van der Waals surface area contributed by atoms with Crippen molar-refractivity contribution < 1.29 is 13.2 Å². The summed E-state index contributed by atoms with van der Waals surface area (Å²) in [5.41, 5.74) is 0. The monoisotopic (exact) mass is 248 g/mol. The van der Waals surface area contributed by atoms with Gasteiger partial charge in [0.15, 0.2) is 0 Å². The first-order valence-electron chi connectivity index (χ1n) is 5.66. The number of nitrogens with one attached hydrogen (secondary N) is 1. The average molecular weight is 248 g/mol. The fraction of sp³-hybridized carbons (Fsp3) is 0.900. The Balaban J connectivity index is 2.54. The van der Waals surface area contributed by atoms with Gasteiger partial charge in [0, 0.05) is 13.1 Å². The van der Waals surface area contributed by atoms with E-state index in [1.165, 1.54) is 0 Å². The molecule has 0 aliphatic carbocycles. The molecule has 1 N–H and O–H groups in total. The van der Waals surface area contributed by atoms with E-state index in [-0.39, 0.29) is 5.91 Å². The molecule has 1 unspecified atom stereocenters. The number of likely N-dealkylation sites (tertiary alicyclic amines) is 1. The highest BCUT2D eigenvalue weighted by atomic mass is 32.2. The zero-order chi connectivity index (χ0) is 12.2. The average Bonchev–Trinajstić information content (AvgIpc) is 2.41. The van der Waals surface area contributed by atoms with Gasteiger partial charge < -0.3 is 4.90 Å². The fourth-order valence-electron chi connectivity index (χ4n) is 1.94. The summed E-state index contributed by atoms with van der Waals surface area (Å²) in [6.45, 7) is 3.08. The third kappa shape index (κ3) is 4.49. The van der Waals surface area contributed by atoms with Crippen molar-refractivity contribution in [1.82, 2.24) is 9.62 Å². The maximum atomic E-state index is 11.9. The summed E-state index contributed by atoms with van der Waals surface area (Å²) < 4.78 is 24.3. The van der Waals surface area contributed by atoms with Crippen LogP contribution >= 0.6 is 0 Å². The first-order chi connectivity index (χ1) is 7.40. The van der Waals surface area contributed by atoms with E-state index in [2.05, 4.69) is 4.72 Å². The number of rotatable bonds is 3. The number of hydrogen-bond donors (Lipinski definition) is 1. The maximum Gasteiger partial charge on any atom is 0.240 e. The second-order valence-electron chi connectivity index (χ2n) is 4.35. The lowest BCUT2D eigenvalue weighted by atomic mass is 10.2. The molecule has 0 aromatic carbocycles. The molecule has 16 heavy (non-hydrogen) atoms. The van der Waals surface area contributed by atoms with Crippen LogP contribution in [0.15, 0.2) is 0 Å². The zero-order valence-corrected chi connectivity index (χ0v) is 10.7. The SMILES string of the molecule is CC(NS(C)(=O)=O)C(=O)N1CCCCCC1. The Labute approximate surface area is 97.2 Å². The Morgan fingerprint density at radius 2 is 1.69 bits per heavy atom. The molecule has 0 saturated carbocycles. The van der Waals surface area contributed by atoms with E-state index in [9.17, 15) is 13.2 Å². The van der Waals surface area contributed by atoms with Crippen LogP contribution in [0.3, 0.4) is 0 Å². The molecule has 0 radical (unpaired) electrons. The van der Waals surface area contributed by atoms with Crippen LogP contribution in [-0.4, -0.2) is 44.6 Å². The lowest BCUT2D eigenvalue weighted by Gasteiger charge is -2.24. The van der Waals surface area contributed by atoms with Crippen molar-refractivity contribution >= 4 is 15.9 Å². The van der Waals surface area contributed by atoms with Gasteiger partial charge in [-0.2, -0.15) is 0 Å². The van der Waals surface area contributed by atoms with Gasteiger partial charge in [0.05, 0.1) is 12.3 Å². The van der Waals surface area contributed by atoms with Crippen LogP contribution in [0.25, 0.3) is 0 Å². The van der Waals surface area contributed by atoms with Crippen molar-refractivity contribution in [2.75, 3.05) is 19.3 Å². The molecule has 1 heterocycles. The Hall–Kier alpha value is -0.620. The summed E-state index contributed by atoms with van der Waals surface area (Å²) in [7, 11) is -3.31. The van der Waals surface area contributed by atoms with Crippen LogP contribution in [0, 0.1) is 0 Å². The molecular formula is C10H20N2O3S. The first kappa shape index (κ1) is 13.4. The molecule has 1 atom stereocenters. The normalized spacial score (nSPS) is 20.2. The van der Waals surface area contributed by atoms with Gasteiger partial charge in [0.2, 0.25) is 15.9 Å². The Morgan fingerprint density at radius 1 is 1.19 bits per heavy atom. The molecule has 0 spiro atoms. The largest absolute Gasteiger partial charge is 0.341 e. The van der Waals surface area contributed by atoms with Crippen LogP contribution < -0.4 is 4.72 Å². The van der Waals surface area contributed by atoms with Crippen molar-refractivity contribution in [2.24, 2.45) is 0 Å². The fourth-order valence-corrected chi connectivity index (χ4v) is 2.68. The molecule has 0 bridgehead atoms. The van der Waals surface area contributed by atoms with E-state index in [0.717, 1.165) is 45.0 Å². The number of carbonyl (C=O) groups excluding carboxylic acids is 1. The molecule has 0 aromatic rings. The minimum Gasteiger partial charge on any atom is -0.341 e. The third-order valence-corrected chi connectivity index (χ3v) is 3.46. The van der Waals surface area contributed by atoms with Crippen LogP contribution in [0.5, 0.6) is 0 Å². The summed E-state index contributed by atoms with van der Waals surface area (Å²) in [6.07, 6.45) is 5.39. The summed E-state index contributed by atoms with van der Waals surface area (Å²) in [6, 6.07) is -0.659. The van der Waals surface area contributed by atoms with Gasteiger partial charge >= 0.3 is 0 Å². The summed E-state index contributed by atoms with van der Waals surface area (Å²) >= 11 is 0. The van der Waals surface area contributed by atoms with Crippen molar-refractivity contribution in [3.8, 4) is 0 Å². The molecule has 1 aliphatic rings. The molecule has 1 amide bonds. The van der Waals surface area contributed by atoms with E-state index in [4.69, 9.17) is 0 Å². The second kappa shape index (κ2) is 5.63. The smallest absolute Gasteiger partial charge is 0.240 e. The van der Waals surface area contributed by atoms with E-state index in [0.29, 0.717) is 0 Å². The Morgan fingerprint density at radius 3 is 2.12 bits per heavy atom. The van der Waals surface area contributed by atoms with Gasteiger partial charge in [-0.25, -0.2) is 13.1 Å². The molecule has 94 valence electrons. The highest BCUT2D eigenvalue weighted by Crippen LogP contribution is 2.10. The van der Waals surface area contributed by atoms with Crippen molar-refractivity contribution in [2.45, 2.75) is 38.6 Å². The van der Waals surface area contributed by atoms with Crippen molar-refractivity contribution in [1.29, 1.82) is 0 Å². The van der Waals surface area contributed by atoms with E-state index in [1.807, 2.05) is 0 Å². The quantitative estimate of drug-likeness (QED) is 0.782. The van der Waals surface area contributed by atoms with E-state index >= 15 is 0 Å². The molecule has 5 nitrogen and oxygen atoms in total. The van der Waals surface area contributed by atoms with Gasteiger partial charge in [-0.3, -0.25) is 4.79 Å². The molecule has 1 rings (SSSR count). The van der Waals surface area contributed by atoms with Gasteiger partial charge in [-0.1, -0.05) is 12.8 Å². The van der Waals surface area contributed by atoms with Gasteiger partial charge in [-0.15, -0.1) is 0 Å². The number of carbonyl (C=O) groups is 1. The predicted molar refractivity (Wildman–Crippen MR) is 62.5 cm³/mol. The van der Waals surface area contributed by atoms with Crippen molar-refractivity contribution in [3.63, 3.8) is 0 Å². The number of hydrogen-bond acceptors (Lipinski definition) is 3. The zero-order valence-electron chi connectivity index (χ0n) is 9.90. The molecule has 1 saturated heterocycles. The lowest BCUT2D eigenvalue weighted by Crippen LogP contribution is -2.46. The highest BCUT2D eigenvalue weighted by Gasteiger charge is 2.23. The summed E-state index contributed by atoms with van der Waals surface area (Å²) in [5.74, 6) is -0.118. The number of amides is 1. The van der Waals surface area contributed by atoms with Crippen LogP contribution in [0.1, 0.15) is 32.6 Å². The summed E-state index contributed by atoms with van der Waals surface area (Å²) in [5, 5.41) is 0. The maximum absolute atomic E-state index is 11.9. The second-order valence-corrected chi connectivity index (χ2v) is 6.13. The minimum atomic E-state index is -3.31. The van der Waals surface area contributed by atoms with E-state index < -0.39 is 16.1 Å². The molecule has 0 aromatic heterocycles. The van der Waals surface area contributed by atoms with Crippen LogP contribution in [0.4, 0.5) is 0 Å². The van der Waals surface area contributed by atoms with Gasteiger partial charge in [0.1, 0.15) is 0 Å². The third-order valence-electron chi connectivity index (χ3n) is 2.68. The number of sulfonamides is 1. The van der Waals surface area contributed by atoms with Gasteiger partial charge in [-0.05, 0) is 19.8 Å². The number of nitrogens with zero attached hydrogens (tertiary/aromatic N) is 1. The van der Waals surface area contributed by atoms with Crippen LogP contribution in [0.2, 0.25) is 0 Å². The molecule has 6 heteroatoms. The molecular weight excluding hydrogens is 228 g/mol. The predicted octanol–water partition coefficient (Wildman–Crippen LogP) is 0.327. The van der Waals surface area contributed by atoms with Crippen LogP contribution in [-0.2, 0) is 14.8 Å². The first-order valence-corrected chi connectivity index (χ1v) is 7.55.